The summed E-state index contributed by atoms with van der Waals surface area (Å²) in [6, 6.07) is 8.75. The number of carbonyl (C=O) groups excluding carboxylic acids is 1. The average Bonchev–Trinajstić information content (AvgIpc) is 3.28. The van der Waals surface area contributed by atoms with Crippen molar-refractivity contribution in [3.8, 4) is 11.8 Å². The SMILES string of the molecule is Cn1ncc(C#N)c1NC(=O)c1ccc(COc2ccc([N+](=O)[O-])cc2Cl)o1. The van der Waals surface area contributed by atoms with Crippen molar-refractivity contribution in [1.29, 1.82) is 5.26 Å². The first kappa shape index (κ1) is 18.9. The van der Waals surface area contributed by atoms with Crippen molar-refractivity contribution in [2.45, 2.75) is 6.61 Å². The van der Waals surface area contributed by atoms with Crippen LogP contribution in [0, 0.1) is 21.4 Å². The van der Waals surface area contributed by atoms with Gasteiger partial charge < -0.3 is 14.5 Å². The molecule has 10 nitrogen and oxygen atoms in total. The van der Waals surface area contributed by atoms with Crippen LogP contribution in [-0.4, -0.2) is 20.6 Å². The van der Waals surface area contributed by atoms with Gasteiger partial charge in [-0.2, -0.15) is 10.4 Å². The number of amides is 1. The molecule has 0 atom stereocenters. The van der Waals surface area contributed by atoms with Crippen LogP contribution in [-0.2, 0) is 13.7 Å². The maximum atomic E-state index is 12.3. The first-order chi connectivity index (χ1) is 13.4. The highest BCUT2D eigenvalue weighted by Crippen LogP contribution is 2.29. The van der Waals surface area contributed by atoms with Crippen LogP contribution < -0.4 is 10.1 Å². The van der Waals surface area contributed by atoms with Crippen molar-refractivity contribution in [2.75, 3.05) is 5.32 Å². The molecule has 0 saturated carbocycles. The summed E-state index contributed by atoms with van der Waals surface area (Å²) in [7, 11) is 1.59. The third kappa shape index (κ3) is 3.94. The highest BCUT2D eigenvalue weighted by molar-refractivity contribution is 6.32. The third-order valence-electron chi connectivity index (χ3n) is 3.67. The summed E-state index contributed by atoms with van der Waals surface area (Å²) in [4.78, 5) is 22.4. The lowest BCUT2D eigenvalue weighted by Gasteiger charge is -2.06. The van der Waals surface area contributed by atoms with Gasteiger partial charge in [0.15, 0.2) is 5.76 Å². The van der Waals surface area contributed by atoms with Gasteiger partial charge in [-0.05, 0) is 18.2 Å². The van der Waals surface area contributed by atoms with Crippen molar-refractivity contribution in [3.63, 3.8) is 0 Å². The molecular weight excluding hydrogens is 390 g/mol. The van der Waals surface area contributed by atoms with Gasteiger partial charge in [0.1, 0.15) is 35.6 Å². The van der Waals surface area contributed by atoms with E-state index in [1.807, 2.05) is 6.07 Å². The first-order valence-electron chi connectivity index (χ1n) is 7.78. The van der Waals surface area contributed by atoms with Crippen LogP contribution in [0.2, 0.25) is 5.02 Å². The zero-order valence-corrected chi connectivity index (χ0v) is 15.1. The lowest BCUT2D eigenvalue weighted by atomic mass is 10.3. The number of non-ortho nitro benzene ring substituents is 1. The van der Waals surface area contributed by atoms with E-state index < -0.39 is 10.8 Å². The van der Waals surface area contributed by atoms with Gasteiger partial charge in [-0.1, -0.05) is 11.6 Å². The van der Waals surface area contributed by atoms with E-state index >= 15 is 0 Å². The molecular formula is C17H12ClN5O5. The third-order valence-corrected chi connectivity index (χ3v) is 3.97. The Bertz CT molecular complexity index is 1100. The molecule has 2 aromatic heterocycles. The molecule has 11 heteroatoms. The second-order valence-corrected chi connectivity index (χ2v) is 5.93. The van der Waals surface area contributed by atoms with E-state index in [2.05, 4.69) is 10.4 Å². The number of aromatic nitrogens is 2. The lowest BCUT2D eigenvalue weighted by molar-refractivity contribution is -0.384. The van der Waals surface area contributed by atoms with E-state index in [4.69, 9.17) is 26.0 Å². The largest absolute Gasteiger partial charge is 0.484 e. The molecule has 0 aliphatic rings. The Labute approximate surface area is 163 Å². The van der Waals surface area contributed by atoms with Gasteiger partial charge in [0, 0.05) is 19.2 Å². The number of nitrogens with zero attached hydrogens (tertiary/aromatic N) is 4. The van der Waals surface area contributed by atoms with Gasteiger partial charge in [-0.15, -0.1) is 0 Å². The maximum absolute atomic E-state index is 12.3. The molecule has 0 bridgehead atoms. The van der Waals surface area contributed by atoms with E-state index in [1.54, 1.807) is 13.1 Å². The minimum Gasteiger partial charge on any atom is -0.484 e. The number of nitro benzene ring substituents is 1. The lowest BCUT2D eigenvalue weighted by Crippen LogP contribution is -2.14. The number of nitro groups is 1. The van der Waals surface area contributed by atoms with Gasteiger partial charge in [-0.25, -0.2) is 0 Å². The number of hydrogen-bond donors (Lipinski definition) is 1. The Kier molecular flexibility index (Phi) is 5.28. The van der Waals surface area contributed by atoms with Crippen molar-refractivity contribution in [2.24, 2.45) is 7.05 Å². The fourth-order valence-corrected chi connectivity index (χ4v) is 2.51. The second-order valence-electron chi connectivity index (χ2n) is 5.52. The second kappa shape index (κ2) is 7.81. The van der Waals surface area contributed by atoms with Crippen LogP contribution in [0.25, 0.3) is 0 Å². The zero-order valence-electron chi connectivity index (χ0n) is 14.4. The number of nitriles is 1. The summed E-state index contributed by atoms with van der Waals surface area (Å²) in [5.74, 6) is 0.283. The van der Waals surface area contributed by atoms with E-state index in [9.17, 15) is 14.9 Å². The van der Waals surface area contributed by atoms with Crippen LogP contribution >= 0.6 is 11.6 Å². The molecule has 3 aromatic rings. The molecule has 1 N–H and O–H groups in total. The molecule has 0 radical (unpaired) electrons. The molecule has 3 rings (SSSR count). The summed E-state index contributed by atoms with van der Waals surface area (Å²) in [6.45, 7) is -0.0417. The van der Waals surface area contributed by atoms with Crippen LogP contribution in [0.1, 0.15) is 21.9 Å². The highest BCUT2D eigenvalue weighted by atomic mass is 35.5. The first-order valence-corrected chi connectivity index (χ1v) is 8.15. The molecule has 0 unspecified atom stereocenters. The number of hydrogen-bond acceptors (Lipinski definition) is 7. The minimum absolute atomic E-state index is 0.0125. The summed E-state index contributed by atoms with van der Waals surface area (Å²) < 4.78 is 12.3. The molecule has 0 fully saturated rings. The molecule has 1 amide bonds. The number of benzene rings is 1. The number of ether oxygens (including phenoxy) is 1. The summed E-state index contributed by atoms with van der Waals surface area (Å²) >= 11 is 5.96. The molecule has 1 aromatic carbocycles. The quantitative estimate of drug-likeness (QED) is 0.494. The topological polar surface area (TPSA) is 136 Å². The van der Waals surface area contributed by atoms with Gasteiger partial charge >= 0.3 is 0 Å². The Morgan fingerprint density at radius 1 is 1.46 bits per heavy atom. The number of furan rings is 1. The van der Waals surface area contributed by atoms with E-state index in [0.717, 1.165) is 0 Å². The number of anilines is 1. The summed E-state index contributed by atoms with van der Waals surface area (Å²) in [5, 5.41) is 26.3. The Morgan fingerprint density at radius 3 is 2.93 bits per heavy atom. The number of halogens is 1. The molecule has 0 spiro atoms. The van der Waals surface area contributed by atoms with Crippen LogP contribution in [0.3, 0.4) is 0 Å². The maximum Gasteiger partial charge on any atom is 0.292 e. The van der Waals surface area contributed by atoms with Crippen LogP contribution in [0.4, 0.5) is 11.5 Å². The Hall–Kier alpha value is -3.84. The number of rotatable bonds is 6. The van der Waals surface area contributed by atoms with Crippen LogP contribution in [0.15, 0.2) is 40.9 Å². The van der Waals surface area contributed by atoms with Crippen molar-refractivity contribution in [1.82, 2.24) is 9.78 Å². The van der Waals surface area contributed by atoms with Crippen molar-refractivity contribution >= 4 is 29.0 Å². The van der Waals surface area contributed by atoms with Gasteiger partial charge in [0.2, 0.25) is 0 Å². The van der Waals surface area contributed by atoms with E-state index in [1.165, 1.54) is 35.1 Å². The standard InChI is InChI=1S/C17H12ClN5O5/c1-22-16(10(7-19)8-20-22)21-17(24)15-5-3-12(28-15)9-27-14-4-2-11(23(25)26)6-13(14)18/h2-6,8H,9H2,1H3,(H,21,24). The fraction of sp³-hybridized carbons (Fsp3) is 0.118. The van der Waals surface area contributed by atoms with E-state index in [-0.39, 0.29) is 40.2 Å². The summed E-state index contributed by atoms with van der Waals surface area (Å²) in [5.41, 5.74) is 0.0694. The smallest absolute Gasteiger partial charge is 0.292 e. The zero-order chi connectivity index (χ0) is 20.3. The molecule has 142 valence electrons. The molecule has 2 heterocycles. The Balaban J connectivity index is 1.66. The molecule has 28 heavy (non-hydrogen) atoms. The predicted molar refractivity (Wildman–Crippen MR) is 97.0 cm³/mol. The van der Waals surface area contributed by atoms with Gasteiger partial charge in [0.05, 0.1) is 16.1 Å². The molecule has 0 aliphatic carbocycles. The summed E-state index contributed by atoms with van der Waals surface area (Å²) in [6.07, 6.45) is 1.34. The highest BCUT2D eigenvalue weighted by Gasteiger charge is 2.17. The number of nitrogens with one attached hydrogen (secondary N) is 1. The molecule has 0 aliphatic heterocycles. The predicted octanol–water partition coefficient (Wildman–Crippen LogP) is 3.28. The van der Waals surface area contributed by atoms with Gasteiger partial charge in [0.25, 0.3) is 11.6 Å². The number of aryl methyl sites for hydroxylation is 1. The van der Waals surface area contributed by atoms with Crippen molar-refractivity contribution < 1.29 is 18.9 Å². The minimum atomic E-state index is -0.562. The number of carbonyl (C=O) groups is 1. The fourth-order valence-electron chi connectivity index (χ4n) is 2.28. The van der Waals surface area contributed by atoms with E-state index in [0.29, 0.717) is 5.76 Å². The Morgan fingerprint density at radius 2 is 2.25 bits per heavy atom. The molecule has 0 saturated heterocycles. The normalized spacial score (nSPS) is 10.3. The van der Waals surface area contributed by atoms with Gasteiger partial charge in [-0.3, -0.25) is 19.6 Å². The average molecular weight is 402 g/mol. The monoisotopic (exact) mass is 401 g/mol. The van der Waals surface area contributed by atoms with Crippen LogP contribution in [0.5, 0.6) is 5.75 Å². The van der Waals surface area contributed by atoms with Crippen molar-refractivity contribution in [3.05, 3.63) is 68.7 Å².